The number of rotatable bonds is 8. The Bertz CT molecular complexity index is 1230. The van der Waals surface area contributed by atoms with E-state index >= 15 is 0 Å². The fourth-order valence-electron chi connectivity index (χ4n) is 3.48. The van der Waals surface area contributed by atoms with Crippen molar-refractivity contribution in [3.63, 3.8) is 0 Å². The first-order valence-electron chi connectivity index (χ1n) is 10.2. The number of carbonyl (C=O) groups excluding carboxylic acids is 1. The van der Waals surface area contributed by atoms with E-state index in [0.29, 0.717) is 57.4 Å². The summed E-state index contributed by atoms with van der Waals surface area (Å²) in [7, 11) is 1.56. The van der Waals surface area contributed by atoms with Crippen LogP contribution in [0, 0.1) is 18.3 Å². The number of pyridine rings is 1. The number of aromatic nitrogens is 1. The second kappa shape index (κ2) is 11.0. The van der Waals surface area contributed by atoms with Gasteiger partial charge < -0.3 is 10.1 Å². The van der Waals surface area contributed by atoms with E-state index in [1.54, 1.807) is 26.2 Å². The molecule has 1 saturated heterocycles. The van der Waals surface area contributed by atoms with Gasteiger partial charge >= 0.3 is 0 Å². The highest BCUT2D eigenvalue weighted by atomic mass is 35.5. The van der Waals surface area contributed by atoms with Gasteiger partial charge in [0.05, 0.1) is 18.1 Å². The van der Waals surface area contributed by atoms with Gasteiger partial charge in [-0.25, -0.2) is 0 Å². The van der Waals surface area contributed by atoms with Crippen LogP contribution in [-0.4, -0.2) is 40.0 Å². The van der Waals surface area contributed by atoms with Crippen molar-refractivity contribution in [1.29, 1.82) is 5.26 Å². The van der Waals surface area contributed by atoms with Crippen LogP contribution >= 0.6 is 35.6 Å². The summed E-state index contributed by atoms with van der Waals surface area (Å²) in [5.41, 5.74) is 1.60. The minimum atomic E-state index is -0.385. The maximum Gasteiger partial charge on any atom is 0.270 e. The molecule has 0 radical (unpaired) electrons. The van der Waals surface area contributed by atoms with E-state index in [0.717, 1.165) is 5.56 Å². The Balaban J connectivity index is 2.11. The Morgan fingerprint density at radius 1 is 1.33 bits per heavy atom. The zero-order valence-electron chi connectivity index (χ0n) is 18.5. The summed E-state index contributed by atoms with van der Waals surface area (Å²) >= 11 is 12.9. The number of hydrogen-bond donors (Lipinski definition) is 1. The van der Waals surface area contributed by atoms with Gasteiger partial charge in [-0.3, -0.25) is 19.1 Å². The average Bonchev–Trinajstić information content (AvgIpc) is 3.06. The van der Waals surface area contributed by atoms with Gasteiger partial charge in [-0.15, -0.1) is 0 Å². The molecular weight excluding hydrogens is 480 g/mol. The minimum Gasteiger partial charge on any atom is -0.383 e. The molecule has 10 heteroatoms. The number of anilines is 1. The van der Waals surface area contributed by atoms with Crippen LogP contribution in [0.15, 0.2) is 34.0 Å². The van der Waals surface area contributed by atoms with Crippen molar-refractivity contribution < 1.29 is 9.53 Å². The molecule has 33 heavy (non-hydrogen) atoms. The lowest BCUT2D eigenvalue weighted by molar-refractivity contribution is -0.122. The molecule has 0 spiro atoms. The standard InChI is InChI=1S/C23H23ClN4O3S2/c1-4-27-20(26-13-15-7-5-6-8-18(15)24)16(14(2)17(12-25)21(27)29)11-19-22(30)28(9-10-31-3)23(32)33-19/h5-8,11,26H,4,9-10,13H2,1-3H3/b19-11+. The lowest BCUT2D eigenvalue weighted by atomic mass is 10.0. The van der Waals surface area contributed by atoms with E-state index in [-0.39, 0.29) is 17.0 Å². The van der Waals surface area contributed by atoms with Crippen molar-refractivity contribution >= 4 is 57.7 Å². The Morgan fingerprint density at radius 2 is 2.06 bits per heavy atom. The smallest absolute Gasteiger partial charge is 0.270 e. The van der Waals surface area contributed by atoms with Gasteiger partial charge in [-0.2, -0.15) is 5.26 Å². The summed E-state index contributed by atoms with van der Waals surface area (Å²) < 4.78 is 7.01. The summed E-state index contributed by atoms with van der Waals surface area (Å²) in [6.45, 7) is 4.95. The highest BCUT2D eigenvalue weighted by Gasteiger charge is 2.32. The molecule has 0 unspecified atom stereocenters. The molecular formula is C23H23ClN4O3S2. The number of nitriles is 1. The molecule has 1 amide bonds. The molecule has 1 aromatic carbocycles. The van der Waals surface area contributed by atoms with Crippen LogP contribution in [0.1, 0.15) is 29.2 Å². The Hall–Kier alpha value is -2.64. The number of benzene rings is 1. The summed E-state index contributed by atoms with van der Waals surface area (Å²) in [5, 5.41) is 13.5. The zero-order chi connectivity index (χ0) is 24.1. The van der Waals surface area contributed by atoms with Crippen LogP contribution in [0.4, 0.5) is 5.82 Å². The topological polar surface area (TPSA) is 87.4 Å². The SMILES string of the molecule is CCn1c(NCc2ccccc2Cl)c(/C=C2/SC(=S)N(CCOC)C2=O)c(C)c(C#N)c1=O. The molecule has 1 aromatic heterocycles. The van der Waals surface area contributed by atoms with Crippen molar-refractivity contribution in [3.8, 4) is 6.07 Å². The van der Waals surface area contributed by atoms with E-state index in [9.17, 15) is 14.9 Å². The van der Waals surface area contributed by atoms with Crippen LogP contribution in [0.5, 0.6) is 0 Å². The van der Waals surface area contributed by atoms with Gasteiger partial charge in [-0.05, 0) is 37.1 Å². The summed E-state index contributed by atoms with van der Waals surface area (Å²) in [6.07, 6.45) is 1.70. The van der Waals surface area contributed by atoms with Gasteiger partial charge in [0, 0.05) is 30.8 Å². The number of thiocarbonyl (C=S) groups is 1. The summed E-state index contributed by atoms with van der Waals surface area (Å²) in [5.74, 6) is 0.285. The van der Waals surface area contributed by atoms with Crippen molar-refractivity contribution in [2.75, 3.05) is 25.6 Å². The third kappa shape index (κ3) is 5.14. The average molecular weight is 503 g/mol. The Morgan fingerprint density at radius 3 is 2.70 bits per heavy atom. The molecule has 1 fully saturated rings. The van der Waals surface area contributed by atoms with Crippen LogP contribution in [0.2, 0.25) is 5.02 Å². The van der Waals surface area contributed by atoms with Gasteiger partial charge in [0.25, 0.3) is 11.5 Å². The molecule has 1 aliphatic rings. The monoisotopic (exact) mass is 502 g/mol. The normalized spacial score (nSPS) is 14.8. The van der Waals surface area contributed by atoms with Gasteiger partial charge in [0.2, 0.25) is 0 Å². The first-order valence-corrected chi connectivity index (χ1v) is 11.8. The van der Waals surface area contributed by atoms with Gasteiger partial charge in [-0.1, -0.05) is 53.8 Å². The first-order chi connectivity index (χ1) is 15.8. The summed E-state index contributed by atoms with van der Waals surface area (Å²) in [4.78, 5) is 27.8. The second-order valence-corrected chi connectivity index (χ2v) is 9.28. The van der Waals surface area contributed by atoms with Crippen LogP contribution in [-0.2, 0) is 22.6 Å². The third-order valence-electron chi connectivity index (χ3n) is 5.26. The Kier molecular flexibility index (Phi) is 8.32. The molecule has 2 heterocycles. The number of carbonyl (C=O) groups is 1. The van der Waals surface area contributed by atoms with Crippen molar-refractivity contribution in [2.24, 2.45) is 0 Å². The molecule has 0 bridgehead atoms. The van der Waals surface area contributed by atoms with Gasteiger partial charge in [0.15, 0.2) is 0 Å². The fourth-order valence-corrected chi connectivity index (χ4v) is 4.98. The number of thioether (sulfide) groups is 1. The largest absolute Gasteiger partial charge is 0.383 e. The molecule has 2 aromatic rings. The van der Waals surface area contributed by atoms with Crippen LogP contribution in [0.25, 0.3) is 6.08 Å². The van der Waals surface area contributed by atoms with E-state index in [2.05, 4.69) is 5.32 Å². The quantitative estimate of drug-likeness (QED) is 0.428. The van der Waals surface area contributed by atoms with Crippen molar-refractivity contribution in [1.82, 2.24) is 9.47 Å². The molecule has 3 rings (SSSR count). The number of hydrogen-bond acceptors (Lipinski definition) is 7. The van der Waals surface area contributed by atoms with E-state index in [1.165, 1.54) is 21.2 Å². The zero-order valence-corrected chi connectivity index (χ0v) is 20.9. The molecule has 7 nitrogen and oxygen atoms in total. The van der Waals surface area contributed by atoms with E-state index < -0.39 is 0 Å². The maximum absolute atomic E-state index is 13.0. The van der Waals surface area contributed by atoms with Crippen molar-refractivity contribution in [3.05, 3.63) is 66.8 Å². The van der Waals surface area contributed by atoms with Crippen molar-refractivity contribution in [2.45, 2.75) is 26.9 Å². The predicted octanol–water partition coefficient (Wildman–Crippen LogP) is 4.16. The third-order valence-corrected chi connectivity index (χ3v) is 7.01. The molecule has 1 aliphatic heterocycles. The molecule has 172 valence electrons. The number of ether oxygens (including phenoxy) is 1. The number of nitrogens with one attached hydrogen (secondary N) is 1. The molecule has 1 N–H and O–H groups in total. The number of methoxy groups -OCH3 is 1. The lowest BCUT2D eigenvalue weighted by Gasteiger charge is -2.19. The molecule has 0 saturated carbocycles. The number of halogens is 1. The fraction of sp³-hybridized carbons (Fsp3) is 0.304. The second-order valence-electron chi connectivity index (χ2n) is 7.19. The summed E-state index contributed by atoms with van der Waals surface area (Å²) in [6, 6.07) is 9.42. The molecule has 0 aliphatic carbocycles. The maximum atomic E-state index is 13.0. The van der Waals surface area contributed by atoms with Gasteiger partial charge in [0.1, 0.15) is 21.8 Å². The minimum absolute atomic E-state index is 0.0428. The van der Waals surface area contributed by atoms with E-state index in [4.69, 9.17) is 28.6 Å². The highest BCUT2D eigenvalue weighted by Crippen LogP contribution is 2.35. The number of nitrogens with zero attached hydrogens (tertiary/aromatic N) is 3. The Labute approximate surface area is 207 Å². The number of amides is 1. The lowest BCUT2D eigenvalue weighted by Crippen LogP contribution is -2.31. The molecule has 0 atom stereocenters. The van der Waals surface area contributed by atoms with E-state index in [1.807, 2.05) is 31.2 Å². The van der Waals surface area contributed by atoms with Crippen LogP contribution in [0.3, 0.4) is 0 Å². The van der Waals surface area contributed by atoms with Crippen LogP contribution < -0.4 is 10.9 Å². The predicted molar refractivity (Wildman–Crippen MR) is 136 cm³/mol. The first kappa shape index (κ1) is 25.0. The highest BCUT2D eigenvalue weighted by molar-refractivity contribution is 8.26.